The number of anilines is 1. The summed E-state index contributed by atoms with van der Waals surface area (Å²) < 4.78 is 0. The summed E-state index contributed by atoms with van der Waals surface area (Å²) in [6.07, 6.45) is 8.79. The van der Waals surface area contributed by atoms with Gasteiger partial charge in [0, 0.05) is 30.9 Å². The molecule has 0 amide bonds. The van der Waals surface area contributed by atoms with Crippen molar-refractivity contribution < 1.29 is 0 Å². The number of hydrogen-bond donors (Lipinski definition) is 2. The van der Waals surface area contributed by atoms with E-state index in [4.69, 9.17) is 0 Å². The van der Waals surface area contributed by atoms with E-state index >= 15 is 0 Å². The van der Waals surface area contributed by atoms with Gasteiger partial charge in [0.15, 0.2) is 0 Å². The minimum absolute atomic E-state index is 0.561. The molecule has 5 nitrogen and oxygen atoms in total. The summed E-state index contributed by atoms with van der Waals surface area (Å²) >= 11 is 0. The highest BCUT2D eigenvalue weighted by atomic mass is 15.2. The molecule has 0 aromatic carbocycles. The zero-order valence-electron chi connectivity index (χ0n) is 13.4. The average molecular weight is 299 g/mol. The molecule has 1 aliphatic heterocycles. The second-order valence-corrected chi connectivity index (χ2v) is 7.11. The van der Waals surface area contributed by atoms with Crippen LogP contribution in [0.15, 0.2) is 18.6 Å². The van der Waals surface area contributed by atoms with Crippen molar-refractivity contribution in [1.82, 2.24) is 19.9 Å². The van der Waals surface area contributed by atoms with Gasteiger partial charge in [-0.1, -0.05) is 0 Å². The van der Waals surface area contributed by atoms with Crippen molar-refractivity contribution in [2.45, 2.75) is 57.7 Å². The van der Waals surface area contributed by atoms with E-state index in [2.05, 4.69) is 39.0 Å². The zero-order chi connectivity index (χ0) is 15.1. The highest BCUT2D eigenvalue weighted by Gasteiger charge is 2.35. The fourth-order valence-electron chi connectivity index (χ4n) is 4.09. The molecule has 0 bridgehead atoms. The summed E-state index contributed by atoms with van der Waals surface area (Å²) in [7, 11) is 0. The SMILES string of the molecule is CC1CCC(C)N1CC1CC(Nc2ncnc3[nH]ccc23)C1. The third-order valence-electron chi connectivity index (χ3n) is 5.53. The van der Waals surface area contributed by atoms with Crippen LogP contribution >= 0.6 is 0 Å². The van der Waals surface area contributed by atoms with Gasteiger partial charge in [-0.05, 0) is 51.5 Å². The second-order valence-electron chi connectivity index (χ2n) is 7.11. The van der Waals surface area contributed by atoms with Gasteiger partial charge in [0.05, 0.1) is 5.39 Å². The van der Waals surface area contributed by atoms with E-state index in [1.807, 2.05) is 12.3 Å². The van der Waals surface area contributed by atoms with Gasteiger partial charge in [-0.15, -0.1) is 0 Å². The highest BCUT2D eigenvalue weighted by Crippen LogP contribution is 2.34. The quantitative estimate of drug-likeness (QED) is 0.911. The molecule has 1 saturated heterocycles. The standard InChI is InChI=1S/C17H25N5/c1-11-3-4-12(2)22(11)9-13-7-14(8-13)21-17-15-5-6-18-16(15)19-10-20-17/h5-6,10-14H,3-4,7-9H2,1-2H3,(H2,18,19,20,21). The fourth-order valence-corrected chi connectivity index (χ4v) is 4.09. The van der Waals surface area contributed by atoms with Gasteiger partial charge in [0.25, 0.3) is 0 Å². The van der Waals surface area contributed by atoms with Gasteiger partial charge >= 0.3 is 0 Å². The minimum Gasteiger partial charge on any atom is -0.367 e. The maximum Gasteiger partial charge on any atom is 0.142 e. The number of aromatic amines is 1. The van der Waals surface area contributed by atoms with Crippen molar-refractivity contribution in [2.24, 2.45) is 5.92 Å². The Labute approximate surface area is 131 Å². The summed E-state index contributed by atoms with van der Waals surface area (Å²) in [5, 5.41) is 4.69. The summed E-state index contributed by atoms with van der Waals surface area (Å²) in [6, 6.07) is 4.14. The molecule has 0 spiro atoms. The number of fused-ring (bicyclic) bond motifs is 1. The van der Waals surface area contributed by atoms with E-state index in [1.165, 1.54) is 32.2 Å². The van der Waals surface area contributed by atoms with Crippen molar-refractivity contribution in [2.75, 3.05) is 11.9 Å². The van der Waals surface area contributed by atoms with E-state index in [9.17, 15) is 0 Å². The minimum atomic E-state index is 0.561. The lowest BCUT2D eigenvalue weighted by molar-refractivity contribution is 0.133. The molecule has 118 valence electrons. The van der Waals surface area contributed by atoms with Crippen LogP contribution in [0.1, 0.15) is 39.5 Å². The number of nitrogens with zero attached hydrogens (tertiary/aromatic N) is 3. The van der Waals surface area contributed by atoms with Crippen LogP contribution in [0.2, 0.25) is 0 Å². The van der Waals surface area contributed by atoms with Crippen LogP contribution in [0.3, 0.4) is 0 Å². The second kappa shape index (κ2) is 5.54. The van der Waals surface area contributed by atoms with Crippen LogP contribution in [0, 0.1) is 5.92 Å². The molecule has 2 atom stereocenters. The molecule has 4 rings (SSSR count). The Balaban J connectivity index is 1.33. The Bertz CT molecular complexity index is 635. The molecule has 5 heteroatoms. The predicted molar refractivity (Wildman–Crippen MR) is 88.9 cm³/mol. The molecule has 1 saturated carbocycles. The first-order chi connectivity index (χ1) is 10.7. The van der Waals surface area contributed by atoms with Gasteiger partial charge < -0.3 is 10.3 Å². The fraction of sp³-hybridized carbons (Fsp3) is 0.647. The molecule has 1 aliphatic carbocycles. The van der Waals surface area contributed by atoms with E-state index in [0.717, 1.165) is 34.9 Å². The Morgan fingerprint density at radius 2 is 2.00 bits per heavy atom. The number of H-pyrrole nitrogens is 1. The van der Waals surface area contributed by atoms with Crippen molar-refractivity contribution in [3.05, 3.63) is 18.6 Å². The number of rotatable bonds is 4. The van der Waals surface area contributed by atoms with Gasteiger partial charge in [0.1, 0.15) is 17.8 Å². The lowest BCUT2D eigenvalue weighted by Crippen LogP contribution is -2.45. The van der Waals surface area contributed by atoms with Crippen LogP contribution in [0.4, 0.5) is 5.82 Å². The van der Waals surface area contributed by atoms with Crippen molar-refractivity contribution in [3.63, 3.8) is 0 Å². The maximum atomic E-state index is 4.40. The molecular weight excluding hydrogens is 274 g/mol. The monoisotopic (exact) mass is 299 g/mol. The predicted octanol–water partition coefficient (Wildman–Crippen LogP) is 3.02. The average Bonchev–Trinajstić information content (AvgIpc) is 3.06. The van der Waals surface area contributed by atoms with Crippen LogP contribution in [0.25, 0.3) is 11.0 Å². The van der Waals surface area contributed by atoms with Gasteiger partial charge in [-0.2, -0.15) is 0 Å². The third kappa shape index (κ3) is 2.47. The molecule has 3 heterocycles. The first-order valence-electron chi connectivity index (χ1n) is 8.51. The Kier molecular flexibility index (Phi) is 3.53. The number of likely N-dealkylation sites (tertiary alicyclic amines) is 1. The third-order valence-corrected chi connectivity index (χ3v) is 5.53. The van der Waals surface area contributed by atoms with Crippen LogP contribution in [-0.4, -0.2) is 44.5 Å². The zero-order valence-corrected chi connectivity index (χ0v) is 13.4. The largest absolute Gasteiger partial charge is 0.367 e. The Hall–Kier alpha value is -1.62. The Morgan fingerprint density at radius 3 is 2.77 bits per heavy atom. The van der Waals surface area contributed by atoms with E-state index in [-0.39, 0.29) is 0 Å². The molecule has 2 fully saturated rings. The van der Waals surface area contributed by atoms with Crippen LogP contribution in [-0.2, 0) is 0 Å². The van der Waals surface area contributed by atoms with Crippen LogP contribution in [0.5, 0.6) is 0 Å². The summed E-state index contributed by atoms with van der Waals surface area (Å²) in [6.45, 7) is 6.02. The molecule has 2 aromatic heterocycles. The number of hydrogen-bond acceptors (Lipinski definition) is 4. The number of nitrogens with one attached hydrogen (secondary N) is 2. The normalized spacial score (nSPS) is 32.3. The van der Waals surface area contributed by atoms with Crippen molar-refractivity contribution in [3.8, 4) is 0 Å². The molecule has 2 N–H and O–H groups in total. The molecule has 22 heavy (non-hydrogen) atoms. The van der Waals surface area contributed by atoms with Crippen molar-refractivity contribution in [1.29, 1.82) is 0 Å². The topological polar surface area (TPSA) is 56.8 Å². The molecule has 0 radical (unpaired) electrons. The highest BCUT2D eigenvalue weighted by molar-refractivity contribution is 5.86. The van der Waals surface area contributed by atoms with Gasteiger partial charge in [0.2, 0.25) is 0 Å². The van der Waals surface area contributed by atoms with Gasteiger partial charge in [-0.25, -0.2) is 9.97 Å². The Morgan fingerprint density at radius 1 is 1.23 bits per heavy atom. The van der Waals surface area contributed by atoms with E-state index < -0.39 is 0 Å². The molecule has 2 unspecified atom stereocenters. The van der Waals surface area contributed by atoms with Crippen LogP contribution < -0.4 is 5.32 Å². The molecule has 2 aromatic rings. The first kappa shape index (κ1) is 14.0. The van der Waals surface area contributed by atoms with Crippen molar-refractivity contribution >= 4 is 16.9 Å². The maximum absolute atomic E-state index is 4.40. The smallest absolute Gasteiger partial charge is 0.142 e. The number of aromatic nitrogens is 3. The van der Waals surface area contributed by atoms with E-state index in [1.54, 1.807) is 6.33 Å². The first-order valence-corrected chi connectivity index (χ1v) is 8.51. The lowest BCUT2D eigenvalue weighted by Gasteiger charge is -2.40. The lowest BCUT2D eigenvalue weighted by atomic mass is 9.79. The summed E-state index contributed by atoms with van der Waals surface area (Å²) in [5.74, 6) is 1.81. The molecular formula is C17H25N5. The van der Waals surface area contributed by atoms with E-state index in [0.29, 0.717) is 6.04 Å². The summed E-state index contributed by atoms with van der Waals surface area (Å²) in [5.41, 5.74) is 0.910. The van der Waals surface area contributed by atoms with Gasteiger partial charge in [-0.3, -0.25) is 4.90 Å². The molecule has 2 aliphatic rings. The summed E-state index contributed by atoms with van der Waals surface area (Å²) in [4.78, 5) is 14.5.